The Balaban J connectivity index is 0.000000854. The van der Waals surface area contributed by atoms with Crippen molar-refractivity contribution in [2.45, 2.75) is 26.9 Å². The highest BCUT2D eigenvalue weighted by molar-refractivity contribution is 5.78. The molecule has 0 atom stereocenters. The minimum Gasteiger partial charge on any atom is -0.497 e. The lowest BCUT2D eigenvalue weighted by Gasteiger charge is -2.35. The highest BCUT2D eigenvalue weighted by Crippen LogP contribution is 2.36. The molecule has 4 aromatic rings. The van der Waals surface area contributed by atoms with Crippen LogP contribution >= 0.6 is 0 Å². The molecule has 0 saturated carbocycles. The lowest BCUT2D eigenvalue weighted by molar-refractivity contribution is -0.110. The van der Waals surface area contributed by atoms with Crippen molar-refractivity contribution in [3.63, 3.8) is 0 Å². The SMILES string of the molecule is CC(F)(F)F.CCNc1nc(-c2cc(C)cc(OC)c2)c(-c2ccnc(Nc3ccc(N4CCN(CCF)CC4)c(F)c3)n2)o1. The third-order valence-corrected chi connectivity index (χ3v) is 6.72. The van der Waals surface area contributed by atoms with E-state index in [1.807, 2.05) is 41.8 Å². The average Bonchev–Trinajstić information content (AvgIpc) is 3.41. The lowest BCUT2D eigenvalue weighted by atomic mass is 10.1. The van der Waals surface area contributed by atoms with Gasteiger partial charge < -0.3 is 24.7 Å². The predicted octanol–water partition coefficient (Wildman–Crippen LogP) is 7.09. The maximum Gasteiger partial charge on any atom is 0.386 e. The van der Waals surface area contributed by atoms with Gasteiger partial charge in [-0.1, -0.05) is 0 Å². The van der Waals surface area contributed by atoms with Crippen molar-refractivity contribution in [3.05, 3.63) is 60.0 Å². The fraction of sp³-hybridized carbons (Fsp3) is 0.387. The number of ether oxygens (including phenoxy) is 1. The summed E-state index contributed by atoms with van der Waals surface area (Å²) < 4.78 is 70.3. The molecule has 1 fully saturated rings. The molecule has 2 N–H and O–H groups in total. The highest BCUT2D eigenvalue weighted by atomic mass is 19.4. The number of aromatic nitrogens is 3. The number of anilines is 4. The summed E-state index contributed by atoms with van der Waals surface area (Å²) in [6.45, 7) is 7.54. The third-order valence-electron chi connectivity index (χ3n) is 6.72. The lowest BCUT2D eigenvalue weighted by Crippen LogP contribution is -2.47. The van der Waals surface area contributed by atoms with Gasteiger partial charge in [-0.15, -0.1) is 0 Å². The summed E-state index contributed by atoms with van der Waals surface area (Å²) in [4.78, 5) is 17.7. The Morgan fingerprint density at radius 2 is 1.76 bits per heavy atom. The van der Waals surface area contributed by atoms with Gasteiger partial charge in [-0.3, -0.25) is 4.90 Å². The number of rotatable bonds is 10. The number of methoxy groups -OCH3 is 1. The molecule has 9 nitrogen and oxygen atoms in total. The van der Waals surface area contributed by atoms with E-state index in [1.54, 1.807) is 31.5 Å². The number of alkyl halides is 4. The Morgan fingerprint density at radius 3 is 2.40 bits per heavy atom. The number of hydrogen-bond acceptors (Lipinski definition) is 9. The Morgan fingerprint density at radius 1 is 1.02 bits per heavy atom. The van der Waals surface area contributed by atoms with Crippen LogP contribution in [0.15, 0.2) is 53.1 Å². The van der Waals surface area contributed by atoms with Crippen molar-refractivity contribution in [1.82, 2.24) is 19.9 Å². The third kappa shape index (κ3) is 9.51. The molecular formula is C31H36F5N7O2. The number of aryl methyl sites for hydroxylation is 1. The molecule has 45 heavy (non-hydrogen) atoms. The Kier molecular flexibility index (Phi) is 11.2. The van der Waals surface area contributed by atoms with E-state index in [4.69, 9.17) is 9.15 Å². The Bertz CT molecular complexity index is 1550. The van der Waals surface area contributed by atoms with Gasteiger partial charge in [-0.05, 0) is 61.9 Å². The fourth-order valence-electron chi connectivity index (χ4n) is 4.77. The van der Waals surface area contributed by atoms with Gasteiger partial charge in [-0.2, -0.15) is 18.2 Å². The second-order valence-electron chi connectivity index (χ2n) is 10.3. The van der Waals surface area contributed by atoms with Crippen LogP contribution in [0, 0.1) is 12.7 Å². The minimum absolute atomic E-state index is 0.188. The zero-order chi connectivity index (χ0) is 32.6. The number of nitrogens with zero attached hydrogens (tertiary/aromatic N) is 5. The number of nitrogens with one attached hydrogen (secondary N) is 2. The van der Waals surface area contributed by atoms with Gasteiger partial charge in [-0.25, -0.2) is 18.7 Å². The molecule has 0 bridgehead atoms. The van der Waals surface area contributed by atoms with Gasteiger partial charge >= 0.3 is 6.18 Å². The summed E-state index contributed by atoms with van der Waals surface area (Å²) in [5.41, 5.74) is 4.03. The largest absolute Gasteiger partial charge is 0.497 e. The van der Waals surface area contributed by atoms with E-state index in [1.165, 1.54) is 6.07 Å². The van der Waals surface area contributed by atoms with E-state index in [-0.39, 0.29) is 19.4 Å². The van der Waals surface area contributed by atoms with E-state index < -0.39 is 6.18 Å². The second-order valence-corrected chi connectivity index (χ2v) is 10.3. The molecule has 1 aliphatic heterocycles. The number of oxazole rings is 1. The van der Waals surface area contributed by atoms with Gasteiger partial charge in [0.15, 0.2) is 5.76 Å². The topological polar surface area (TPSA) is 91.6 Å². The van der Waals surface area contributed by atoms with Gasteiger partial charge in [0, 0.05) is 63.6 Å². The molecule has 0 unspecified atom stereocenters. The van der Waals surface area contributed by atoms with Gasteiger partial charge in [0.05, 0.1) is 12.8 Å². The van der Waals surface area contributed by atoms with Crippen LogP contribution in [0.5, 0.6) is 5.75 Å². The van der Waals surface area contributed by atoms with Crippen molar-refractivity contribution < 1.29 is 31.1 Å². The monoisotopic (exact) mass is 633 g/mol. The quantitative estimate of drug-likeness (QED) is 0.178. The van der Waals surface area contributed by atoms with Crippen molar-refractivity contribution in [3.8, 4) is 28.5 Å². The van der Waals surface area contributed by atoms with E-state index in [0.717, 1.165) is 11.1 Å². The second kappa shape index (κ2) is 15.0. The first kappa shape index (κ1) is 33.4. The molecule has 3 heterocycles. The number of hydrogen-bond donors (Lipinski definition) is 2. The molecule has 0 amide bonds. The van der Waals surface area contributed by atoms with Gasteiger partial charge in [0.25, 0.3) is 6.01 Å². The molecule has 0 aliphatic carbocycles. The summed E-state index contributed by atoms with van der Waals surface area (Å²) >= 11 is 0. The molecular weight excluding hydrogens is 597 g/mol. The molecule has 0 radical (unpaired) electrons. The van der Waals surface area contributed by atoms with Gasteiger partial charge in [0.1, 0.15) is 29.6 Å². The maximum absolute atomic E-state index is 15.1. The first-order valence-corrected chi connectivity index (χ1v) is 14.4. The van der Waals surface area contributed by atoms with E-state index >= 15 is 4.39 Å². The summed E-state index contributed by atoms with van der Waals surface area (Å²) in [6.07, 6.45) is -2.39. The highest BCUT2D eigenvalue weighted by Gasteiger charge is 2.21. The van der Waals surface area contributed by atoms with Crippen LogP contribution < -0.4 is 20.3 Å². The molecule has 14 heteroatoms. The normalized spacial score (nSPS) is 13.7. The molecule has 242 valence electrons. The molecule has 2 aromatic carbocycles. The fourth-order valence-corrected chi connectivity index (χ4v) is 4.77. The van der Waals surface area contributed by atoms with E-state index in [0.29, 0.717) is 85.5 Å². The molecule has 0 spiro atoms. The van der Waals surface area contributed by atoms with Crippen LogP contribution in [0.3, 0.4) is 0 Å². The van der Waals surface area contributed by atoms with E-state index in [2.05, 4.69) is 25.6 Å². The molecule has 1 aliphatic rings. The van der Waals surface area contributed by atoms with Gasteiger partial charge in [0.2, 0.25) is 5.95 Å². The van der Waals surface area contributed by atoms with Crippen LogP contribution in [-0.4, -0.2) is 79.1 Å². The Labute approximate surface area is 258 Å². The van der Waals surface area contributed by atoms with Crippen LogP contribution in [0.2, 0.25) is 0 Å². The van der Waals surface area contributed by atoms with Crippen molar-refractivity contribution >= 4 is 23.3 Å². The van der Waals surface area contributed by atoms with Crippen LogP contribution in [0.1, 0.15) is 19.4 Å². The van der Waals surface area contributed by atoms with Crippen molar-refractivity contribution in [2.24, 2.45) is 0 Å². The number of benzene rings is 2. The first-order chi connectivity index (χ1) is 21.5. The van der Waals surface area contributed by atoms with Crippen LogP contribution in [0.4, 0.5) is 45.3 Å². The van der Waals surface area contributed by atoms with Crippen LogP contribution in [-0.2, 0) is 0 Å². The average molecular weight is 634 g/mol. The summed E-state index contributed by atoms with van der Waals surface area (Å²) in [7, 11) is 1.62. The Hall–Kier alpha value is -4.46. The maximum atomic E-state index is 15.1. The molecule has 5 rings (SSSR count). The minimum atomic E-state index is -4.00. The number of piperazine rings is 1. The summed E-state index contributed by atoms with van der Waals surface area (Å²) in [5.74, 6) is 1.13. The summed E-state index contributed by atoms with van der Waals surface area (Å²) in [6, 6.07) is 12.9. The van der Waals surface area contributed by atoms with E-state index in [9.17, 15) is 17.6 Å². The van der Waals surface area contributed by atoms with Crippen LogP contribution in [0.25, 0.3) is 22.7 Å². The van der Waals surface area contributed by atoms with Crippen molar-refractivity contribution in [1.29, 1.82) is 0 Å². The smallest absolute Gasteiger partial charge is 0.386 e. The molecule has 1 saturated heterocycles. The first-order valence-electron chi connectivity index (χ1n) is 14.4. The predicted molar refractivity (Wildman–Crippen MR) is 164 cm³/mol. The van der Waals surface area contributed by atoms with Crippen molar-refractivity contribution in [2.75, 3.05) is 68.6 Å². The standard InChI is InChI=1S/C29H33F2N7O2.C2H3F3/c1-4-32-29-36-26(20-15-19(2)16-22(17-20)39-3)27(40-29)24-7-9-33-28(35-24)34-21-5-6-25(23(31)18-21)38-13-11-37(10-8-30)12-14-38;1-2(3,4)5/h5-7,9,15-18H,4,8,10-14H2,1-3H3,(H,32,36)(H,33,34,35);1H3. The zero-order valence-electron chi connectivity index (χ0n) is 25.5. The number of halogens is 5. The molecule has 2 aromatic heterocycles. The zero-order valence-corrected chi connectivity index (χ0v) is 25.5. The summed E-state index contributed by atoms with van der Waals surface area (Å²) in [5, 5.41) is 6.22.